The Morgan fingerprint density at radius 2 is 2.00 bits per heavy atom. The number of rotatable bonds is 3. The molecule has 1 aromatic carbocycles. The molecule has 0 atom stereocenters. The van der Waals surface area contributed by atoms with E-state index in [0.717, 1.165) is 5.56 Å². The number of carbonyl (C=O) groups excluding carboxylic acids is 1. The summed E-state index contributed by atoms with van der Waals surface area (Å²) in [7, 11) is 1.72. The van der Waals surface area contributed by atoms with Crippen molar-refractivity contribution in [3.05, 3.63) is 34.9 Å². The smallest absolute Gasteiger partial charge is 0.242 e. The second-order valence-electron chi connectivity index (χ2n) is 4.47. The molecule has 0 radical (unpaired) electrons. The molecule has 0 spiro atoms. The van der Waals surface area contributed by atoms with Crippen LogP contribution < -0.4 is 5.73 Å². The molecule has 0 bridgehead atoms. The van der Waals surface area contributed by atoms with Crippen molar-refractivity contribution in [1.29, 1.82) is 0 Å². The van der Waals surface area contributed by atoms with Crippen molar-refractivity contribution in [2.45, 2.75) is 25.9 Å². The first-order valence-corrected chi connectivity index (χ1v) is 5.48. The molecule has 1 amide bonds. The first kappa shape index (κ1) is 13.0. The van der Waals surface area contributed by atoms with Gasteiger partial charge in [-0.15, -0.1) is 0 Å². The number of amides is 1. The van der Waals surface area contributed by atoms with E-state index in [1.807, 2.05) is 24.3 Å². The van der Waals surface area contributed by atoms with Crippen molar-refractivity contribution in [3.63, 3.8) is 0 Å². The predicted molar refractivity (Wildman–Crippen MR) is 66.2 cm³/mol. The summed E-state index contributed by atoms with van der Waals surface area (Å²) in [5.74, 6) is -0.104. The van der Waals surface area contributed by atoms with Crippen molar-refractivity contribution in [2.24, 2.45) is 5.73 Å². The Morgan fingerprint density at radius 1 is 1.44 bits per heavy atom. The summed E-state index contributed by atoms with van der Waals surface area (Å²) >= 11 is 6.02. The zero-order valence-electron chi connectivity index (χ0n) is 9.83. The summed E-state index contributed by atoms with van der Waals surface area (Å²) < 4.78 is 0. The summed E-state index contributed by atoms with van der Waals surface area (Å²) in [5.41, 5.74) is 5.82. The predicted octanol–water partition coefficient (Wildman–Crippen LogP) is 2.04. The summed E-state index contributed by atoms with van der Waals surface area (Å²) in [6, 6.07) is 7.46. The molecular weight excluding hydrogens is 224 g/mol. The average molecular weight is 241 g/mol. The standard InChI is InChI=1S/C12H17ClN2O/c1-12(2,14)11(16)15(3)8-9-6-4-5-7-10(9)13/h4-7H,8,14H2,1-3H3. The Hall–Kier alpha value is -1.06. The number of carbonyl (C=O) groups is 1. The second-order valence-corrected chi connectivity index (χ2v) is 4.88. The van der Waals surface area contributed by atoms with Gasteiger partial charge in [0.25, 0.3) is 0 Å². The molecule has 88 valence electrons. The van der Waals surface area contributed by atoms with Crippen LogP contribution >= 0.6 is 11.6 Å². The third-order valence-corrected chi connectivity index (χ3v) is 2.63. The molecule has 0 saturated heterocycles. The van der Waals surface area contributed by atoms with Crippen LogP contribution in [0.15, 0.2) is 24.3 Å². The number of hydrogen-bond acceptors (Lipinski definition) is 2. The van der Waals surface area contributed by atoms with Gasteiger partial charge in [0.2, 0.25) is 5.91 Å². The quantitative estimate of drug-likeness (QED) is 0.879. The van der Waals surface area contributed by atoms with Crippen LogP contribution in [0.3, 0.4) is 0 Å². The highest BCUT2D eigenvalue weighted by atomic mass is 35.5. The van der Waals surface area contributed by atoms with Gasteiger partial charge < -0.3 is 10.6 Å². The number of likely N-dealkylation sites (N-methyl/N-ethyl adjacent to an activating group) is 1. The van der Waals surface area contributed by atoms with Crippen LogP contribution in [0.1, 0.15) is 19.4 Å². The molecule has 0 fully saturated rings. The monoisotopic (exact) mass is 240 g/mol. The van der Waals surface area contributed by atoms with E-state index in [0.29, 0.717) is 11.6 Å². The SMILES string of the molecule is CN(Cc1ccccc1Cl)C(=O)C(C)(C)N. The Kier molecular flexibility index (Phi) is 3.94. The van der Waals surface area contributed by atoms with Gasteiger partial charge in [-0.2, -0.15) is 0 Å². The normalized spacial score (nSPS) is 11.3. The lowest BCUT2D eigenvalue weighted by molar-refractivity contribution is -0.134. The number of halogens is 1. The Bertz CT molecular complexity index is 385. The molecule has 16 heavy (non-hydrogen) atoms. The van der Waals surface area contributed by atoms with Gasteiger partial charge in [-0.05, 0) is 25.5 Å². The van der Waals surface area contributed by atoms with E-state index in [1.54, 1.807) is 25.8 Å². The number of nitrogens with two attached hydrogens (primary N) is 1. The van der Waals surface area contributed by atoms with Crippen molar-refractivity contribution in [3.8, 4) is 0 Å². The summed E-state index contributed by atoms with van der Waals surface area (Å²) in [6.45, 7) is 3.86. The molecule has 3 nitrogen and oxygen atoms in total. The highest BCUT2D eigenvalue weighted by Gasteiger charge is 2.25. The minimum absolute atomic E-state index is 0.104. The molecule has 0 saturated carbocycles. The van der Waals surface area contributed by atoms with Gasteiger partial charge in [0.1, 0.15) is 0 Å². The van der Waals surface area contributed by atoms with Gasteiger partial charge in [0.15, 0.2) is 0 Å². The van der Waals surface area contributed by atoms with Gasteiger partial charge in [-0.3, -0.25) is 4.79 Å². The lowest BCUT2D eigenvalue weighted by Crippen LogP contribution is -2.49. The fraction of sp³-hybridized carbons (Fsp3) is 0.417. The van der Waals surface area contributed by atoms with Crippen molar-refractivity contribution in [1.82, 2.24) is 4.90 Å². The molecular formula is C12H17ClN2O. The molecule has 0 aromatic heterocycles. The van der Waals surface area contributed by atoms with Gasteiger partial charge in [0.05, 0.1) is 5.54 Å². The van der Waals surface area contributed by atoms with Crippen molar-refractivity contribution >= 4 is 17.5 Å². The van der Waals surface area contributed by atoms with Crippen molar-refractivity contribution < 1.29 is 4.79 Å². The van der Waals surface area contributed by atoms with E-state index >= 15 is 0 Å². The molecule has 0 aliphatic carbocycles. The van der Waals surface area contributed by atoms with Crippen LogP contribution in [-0.4, -0.2) is 23.4 Å². The van der Waals surface area contributed by atoms with E-state index in [1.165, 1.54) is 0 Å². The second kappa shape index (κ2) is 4.85. The number of benzene rings is 1. The van der Waals surface area contributed by atoms with E-state index in [2.05, 4.69) is 0 Å². The molecule has 0 unspecified atom stereocenters. The van der Waals surface area contributed by atoms with Crippen LogP contribution in [0.25, 0.3) is 0 Å². The minimum Gasteiger partial charge on any atom is -0.340 e. The highest BCUT2D eigenvalue weighted by molar-refractivity contribution is 6.31. The van der Waals surface area contributed by atoms with Crippen molar-refractivity contribution in [2.75, 3.05) is 7.05 Å². The first-order valence-electron chi connectivity index (χ1n) is 5.10. The van der Waals surface area contributed by atoms with E-state index < -0.39 is 5.54 Å². The van der Waals surface area contributed by atoms with Gasteiger partial charge in [-0.1, -0.05) is 29.8 Å². The van der Waals surface area contributed by atoms with Crippen LogP contribution in [-0.2, 0) is 11.3 Å². The fourth-order valence-electron chi connectivity index (χ4n) is 1.45. The van der Waals surface area contributed by atoms with Crippen LogP contribution in [0, 0.1) is 0 Å². The fourth-order valence-corrected chi connectivity index (χ4v) is 1.64. The lowest BCUT2D eigenvalue weighted by Gasteiger charge is -2.26. The number of hydrogen-bond donors (Lipinski definition) is 1. The van der Waals surface area contributed by atoms with Crippen LogP contribution in [0.2, 0.25) is 5.02 Å². The summed E-state index contributed by atoms with van der Waals surface area (Å²) in [6.07, 6.45) is 0. The number of nitrogens with zero attached hydrogens (tertiary/aromatic N) is 1. The summed E-state index contributed by atoms with van der Waals surface area (Å²) in [4.78, 5) is 13.4. The zero-order chi connectivity index (χ0) is 12.3. The topological polar surface area (TPSA) is 46.3 Å². The third kappa shape index (κ3) is 3.22. The van der Waals surface area contributed by atoms with E-state index in [-0.39, 0.29) is 5.91 Å². The minimum atomic E-state index is -0.851. The van der Waals surface area contributed by atoms with Gasteiger partial charge in [0, 0.05) is 18.6 Å². The maximum atomic E-state index is 11.8. The zero-order valence-corrected chi connectivity index (χ0v) is 10.6. The Labute approximate surface area is 101 Å². The van der Waals surface area contributed by atoms with Gasteiger partial charge >= 0.3 is 0 Å². The Morgan fingerprint density at radius 3 is 2.50 bits per heavy atom. The highest BCUT2D eigenvalue weighted by Crippen LogP contribution is 2.17. The molecule has 4 heteroatoms. The first-order chi connectivity index (χ1) is 7.32. The molecule has 1 aromatic rings. The van der Waals surface area contributed by atoms with Gasteiger partial charge in [-0.25, -0.2) is 0 Å². The van der Waals surface area contributed by atoms with E-state index in [4.69, 9.17) is 17.3 Å². The molecule has 0 heterocycles. The largest absolute Gasteiger partial charge is 0.340 e. The van der Waals surface area contributed by atoms with Crippen LogP contribution in [0.5, 0.6) is 0 Å². The van der Waals surface area contributed by atoms with Crippen LogP contribution in [0.4, 0.5) is 0 Å². The van der Waals surface area contributed by atoms with E-state index in [9.17, 15) is 4.79 Å². The third-order valence-electron chi connectivity index (χ3n) is 2.26. The lowest BCUT2D eigenvalue weighted by atomic mass is 10.1. The summed E-state index contributed by atoms with van der Waals surface area (Å²) in [5, 5.41) is 0.664. The molecule has 0 aliphatic rings. The molecule has 0 aliphatic heterocycles. The average Bonchev–Trinajstić information content (AvgIpc) is 2.19. The maximum Gasteiger partial charge on any atom is 0.242 e. The molecule has 2 N–H and O–H groups in total. The Balaban J connectivity index is 2.76. The maximum absolute atomic E-state index is 11.8. The molecule has 1 rings (SSSR count).